The number of nitrogens with zero attached hydrogens (tertiary/aromatic N) is 7. The van der Waals surface area contributed by atoms with Crippen LogP contribution in [0, 0.1) is 0 Å². The summed E-state index contributed by atoms with van der Waals surface area (Å²) in [6.45, 7) is 3.59. The third kappa shape index (κ3) is 7.11. The van der Waals surface area contributed by atoms with Gasteiger partial charge in [-0.15, -0.1) is 5.10 Å². The second-order valence-electron chi connectivity index (χ2n) is 11.3. The Morgan fingerprint density at radius 3 is 2.50 bits per heavy atom. The lowest BCUT2D eigenvalue weighted by Gasteiger charge is -2.37. The minimum absolute atomic E-state index is 0.0132. The third-order valence-electron chi connectivity index (χ3n) is 8.17. The largest absolute Gasteiger partial charge is 0.510 e. The predicted molar refractivity (Wildman–Crippen MR) is 173 cm³/mol. The number of rotatable bonds is 8. The first kappa shape index (κ1) is 33.3. The third-order valence-corrected chi connectivity index (χ3v) is 8.91. The van der Waals surface area contributed by atoms with Crippen LogP contribution in [0.15, 0.2) is 56.5 Å². The van der Waals surface area contributed by atoms with Crippen LogP contribution in [0.5, 0.6) is 0 Å². The number of carbonyl (C=O) groups excluding carboxylic acids is 2. The Kier molecular flexibility index (Phi) is 9.59. The topological polar surface area (TPSA) is 147 Å². The number of fused-ring (bicyclic) bond motifs is 1. The van der Waals surface area contributed by atoms with E-state index < -0.39 is 17.0 Å². The van der Waals surface area contributed by atoms with E-state index >= 15 is 0 Å². The Balaban J connectivity index is 1.31. The summed E-state index contributed by atoms with van der Waals surface area (Å²) in [5.74, 6) is -0.384. The van der Waals surface area contributed by atoms with Gasteiger partial charge in [0.25, 0.3) is 11.5 Å². The number of amides is 2. The number of anilines is 2. The van der Waals surface area contributed by atoms with Crippen molar-refractivity contribution in [1.29, 1.82) is 0 Å². The molecule has 6 rings (SSSR count). The van der Waals surface area contributed by atoms with Crippen molar-refractivity contribution in [3.05, 3.63) is 63.7 Å². The standard InChI is InChI=1S/C31H33F3N8O5S/c1-2-22-26(39-12-14-40(15-13-39)28(45)25-23(43)4-3-11-35-25)29(46)42-30(37-27(38-42)19-9-16-47-17-10-19)41(22)18-24(44)36-20-5-7-21(8-6-20)48-31(32,33)34/h5-9,11,43H,2-4,10,12-18H2,1H3,(H,36,44). The van der Waals surface area contributed by atoms with Gasteiger partial charge in [-0.05, 0) is 60.9 Å². The number of aromatic nitrogens is 4. The number of aliphatic hydroxyl groups is 1. The van der Waals surface area contributed by atoms with Crippen LogP contribution in [0.2, 0.25) is 0 Å². The smallest absolute Gasteiger partial charge is 0.446 e. The van der Waals surface area contributed by atoms with Crippen LogP contribution in [0.1, 0.15) is 37.7 Å². The lowest BCUT2D eigenvalue weighted by Crippen LogP contribution is -2.51. The molecule has 2 N–H and O–H groups in total. The van der Waals surface area contributed by atoms with Crippen molar-refractivity contribution in [2.75, 3.05) is 49.6 Å². The molecule has 0 unspecified atom stereocenters. The number of hydrogen-bond donors (Lipinski definition) is 2. The average Bonchev–Trinajstić information content (AvgIpc) is 3.53. The summed E-state index contributed by atoms with van der Waals surface area (Å²) in [6.07, 6.45) is 5.27. The highest BCUT2D eigenvalue weighted by Gasteiger charge is 2.31. The highest BCUT2D eigenvalue weighted by atomic mass is 32.2. The van der Waals surface area contributed by atoms with Crippen molar-refractivity contribution in [1.82, 2.24) is 24.1 Å². The molecule has 1 aromatic carbocycles. The normalized spacial score (nSPS) is 17.2. The van der Waals surface area contributed by atoms with Crippen LogP contribution in [0.4, 0.5) is 24.5 Å². The van der Waals surface area contributed by atoms with Crippen molar-refractivity contribution in [3.8, 4) is 0 Å². The monoisotopic (exact) mass is 686 g/mol. The lowest BCUT2D eigenvalue weighted by molar-refractivity contribution is -0.127. The van der Waals surface area contributed by atoms with Gasteiger partial charge in [0, 0.05) is 49.4 Å². The Morgan fingerprint density at radius 1 is 1.10 bits per heavy atom. The quantitative estimate of drug-likeness (QED) is 0.338. The predicted octanol–water partition coefficient (Wildman–Crippen LogP) is 3.79. The first-order chi connectivity index (χ1) is 23.0. The number of thioether (sulfide) groups is 1. The van der Waals surface area contributed by atoms with E-state index in [9.17, 15) is 32.7 Å². The van der Waals surface area contributed by atoms with E-state index in [1.807, 2.05) is 17.9 Å². The molecular formula is C31H33F3N8O5S. The highest BCUT2D eigenvalue weighted by Crippen LogP contribution is 2.37. The number of ether oxygens (including phenoxy) is 1. The van der Waals surface area contributed by atoms with Gasteiger partial charge in [-0.2, -0.15) is 22.7 Å². The maximum absolute atomic E-state index is 14.1. The number of piperazine rings is 1. The minimum atomic E-state index is -4.43. The lowest BCUT2D eigenvalue weighted by atomic mass is 10.1. The zero-order chi connectivity index (χ0) is 34.0. The summed E-state index contributed by atoms with van der Waals surface area (Å²) in [7, 11) is 0. The number of aliphatic hydroxyl groups excluding tert-OH is 1. The molecular weight excluding hydrogens is 653 g/mol. The molecule has 13 nitrogen and oxygen atoms in total. The summed E-state index contributed by atoms with van der Waals surface area (Å²) >= 11 is -0.246. The van der Waals surface area contributed by atoms with Crippen LogP contribution in [0.3, 0.4) is 0 Å². The van der Waals surface area contributed by atoms with Gasteiger partial charge < -0.3 is 29.5 Å². The van der Waals surface area contributed by atoms with Crippen molar-refractivity contribution >= 4 is 52.5 Å². The van der Waals surface area contributed by atoms with Crippen molar-refractivity contribution in [2.45, 2.75) is 49.6 Å². The molecule has 48 heavy (non-hydrogen) atoms. The molecule has 2 amide bonds. The van der Waals surface area contributed by atoms with Gasteiger partial charge in [-0.1, -0.05) is 13.0 Å². The number of benzene rings is 1. The molecule has 0 bridgehead atoms. The first-order valence-corrected chi connectivity index (χ1v) is 16.3. The number of hydrogen-bond acceptors (Lipinski definition) is 10. The van der Waals surface area contributed by atoms with Crippen LogP contribution in [-0.4, -0.2) is 92.1 Å². The zero-order valence-electron chi connectivity index (χ0n) is 26.0. The number of aliphatic imine (C=N–C) groups is 1. The van der Waals surface area contributed by atoms with E-state index in [0.29, 0.717) is 74.9 Å². The maximum Gasteiger partial charge on any atom is 0.446 e. The Morgan fingerprint density at radius 2 is 1.85 bits per heavy atom. The summed E-state index contributed by atoms with van der Waals surface area (Å²) in [5.41, 5.74) is -2.83. The molecule has 3 aliphatic rings. The summed E-state index contributed by atoms with van der Waals surface area (Å²) < 4.78 is 46.5. The molecule has 1 fully saturated rings. The summed E-state index contributed by atoms with van der Waals surface area (Å²) in [6, 6.07) is 5.33. The Bertz CT molecular complexity index is 1880. The van der Waals surface area contributed by atoms with Crippen molar-refractivity contribution in [3.63, 3.8) is 0 Å². The second kappa shape index (κ2) is 13.8. The average molecular weight is 687 g/mol. The molecule has 0 spiro atoms. The van der Waals surface area contributed by atoms with Crippen LogP contribution in [-0.2, 0) is 27.3 Å². The van der Waals surface area contributed by atoms with Gasteiger partial charge in [0.1, 0.15) is 18.0 Å². The van der Waals surface area contributed by atoms with Crippen molar-refractivity contribution < 1.29 is 32.6 Å². The zero-order valence-corrected chi connectivity index (χ0v) is 26.8. The number of nitrogens with one attached hydrogen (secondary N) is 1. The van der Waals surface area contributed by atoms with E-state index in [-0.39, 0.29) is 59.4 Å². The van der Waals surface area contributed by atoms with Gasteiger partial charge in [-0.25, -0.2) is 0 Å². The van der Waals surface area contributed by atoms with Crippen molar-refractivity contribution in [2.24, 2.45) is 4.99 Å². The summed E-state index contributed by atoms with van der Waals surface area (Å²) in [4.78, 5) is 52.8. The van der Waals surface area contributed by atoms with Gasteiger partial charge in [0.2, 0.25) is 11.7 Å². The van der Waals surface area contributed by atoms with E-state index in [4.69, 9.17) is 4.74 Å². The molecule has 0 aliphatic carbocycles. The second-order valence-corrected chi connectivity index (χ2v) is 12.4. The molecule has 2 aromatic heterocycles. The first-order valence-electron chi connectivity index (χ1n) is 15.5. The molecule has 0 atom stereocenters. The fourth-order valence-corrected chi connectivity index (χ4v) is 6.43. The molecule has 0 saturated carbocycles. The molecule has 254 valence electrons. The van der Waals surface area contributed by atoms with E-state index in [0.717, 1.165) is 5.57 Å². The molecule has 3 aliphatic heterocycles. The van der Waals surface area contributed by atoms with Gasteiger partial charge >= 0.3 is 5.51 Å². The molecule has 5 heterocycles. The molecule has 0 radical (unpaired) electrons. The number of halogens is 3. The van der Waals surface area contributed by atoms with E-state index in [1.165, 1.54) is 28.8 Å². The highest BCUT2D eigenvalue weighted by molar-refractivity contribution is 8.00. The van der Waals surface area contributed by atoms with E-state index in [1.54, 1.807) is 15.7 Å². The fraction of sp³-hybridized carbons (Fsp3) is 0.419. The number of allylic oxidation sites excluding steroid dienone is 1. The Labute approximate surface area is 276 Å². The molecule has 3 aromatic rings. The number of carbonyl (C=O) groups is 2. The molecule has 17 heteroatoms. The van der Waals surface area contributed by atoms with Crippen LogP contribution < -0.4 is 15.8 Å². The van der Waals surface area contributed by atoms with Crippen LogP contribution >= 0.6 is 11.8 Å². The van der Waals surface area contributed by atoms with E-state index in [2.05, 4.69) is 20.4 Å². The molecule has 1 saturated heterocycles. The van der Waals surface area contributed by atoms with Crippen LogP contribution in [0.25, 0.3) is 11.4 Å². The minimum Gasteiger partial charge on any atom is -0.510 e. The maximum atomic E-state index is 14.1. The summed E-state index contributed by atoms with van der Waals surface area (Å²) in [5, 5.41) is 17.5. The SMILES string of the molecule is CCc1c(N2CCN(C(=O)C3=C(O)CCC=N3)CC2)c(=O)n2nc(C3=CCOCC3)nc2n1CC(=O)Nc1ccc(SC(F)(F)F)cc1. The van der Waals surface area contributed by atoms with Gasteiger partial charge in [0.15, 0.2) is 11.5 Å². The Hall–Kier alpha value is -4.64. The fourth-order valence-electron chi connectivity index (χ4n) is 5.89. The van der Waals surface area contributed by atoms with Gasteiger partial charge in [-0.3, -0.25) is 19.4 Å². The van der Waals surface area contributed by atoms with Gasteiger partial charge in [0.05, 0.1) is 18.9 Å². The number of alkyl halides is 3.